The molecule has 1 unspecified atom stereocenters. The van der Waals surface area contributed by atoms with Gasteiger partial charge in [0.2, 0.25) is 11.8 Å². The van der Waals surface area contributed by atoms with Crippen LogP contribution in [0.1, 0.15) is 90.8 Å². The third kappa shape index (κ3) is 12.6. The first-order valence-corrected chi connectivity index (χ1v) is 13.3. The monoisotopic (exact) mass is 519 g/mol. The largest absolute Gasteiger partial charge is 0.466 e. The molecule has 0 spiro atoms. The molecule has 0 aliphatic carbocycles. The standard InChI is InChI=1S/C28H45N3O6/c1-7-10-11-12-19-31(23(32)20-30-27(35)37-28(4,5)6)25(22-15-13-21(8-2)14-16-22)26(34)29-18-17-24(33)36-9-3/h13-16,25H,7-12,17-20H2,1-6H3,(H,29,34)(H,30,35). The van der Waals surface area contributed by atoms with Gasteiger partial charge >= 0.3 is 12.1 Å². The Hall–Kier alpha value is -3.10. The van der Waals surface area contributed by atoms with Crippen molar-refractivity contribution < 1.29 is 28.7 Å². The number of rotatable bonds is 15. The Bertz CT molecular complexity index is 864. The van der Waals surface area contributed by atoms with Gasteiger partial charge in [0.25, 0.3) is 0 Å². The summed E-state index contributed by atoms with van der Waals surface area (Å²) in [5.74, 6) is -1.19. The normalized spacial score (nSPS) is 11.8. The van der Waals surface area contributed by atoms with Crippen LogP contribution in [-0.2, 0) is 30.3 Å². The summed E-state index contributed by atoms with van der Waals surface area (Å²) in [5.41, 5.74) is 1.07. The lowest BCUT2D eigenvalue weighted by atomic mass is 10.0. The Balaban J connectivity index is 3.17. The van der Waals surface area contributed by atoms with E-state index in [1.54, 1.807) is 27.7 Å². The molecule has 208 valence electrons. The van der Waals surface area contributed by atoms with E-state index in [9.17, 15) is 19.2 Å². The van der Waals surface area contributed by atoms with Crippen LogP contribution in [0.5, 0.6) is 0 Å². The summed E-state index contributed by atoms with van der Waals surface area (Å²) < 4.78 is 10.2. The van der Waals surface area contributed by atoms with Crippen molar-refractivity contribution in [3.8, 4) is 0 Å². The van der Waals surface area contributed by atoms with Crippen molar-refractivity contribution in [2.75, 3.05) is 26.2 Å². The molecule has 1 aromatic rings. The van der Waals surface area contributed by atoms with Crippen LogP contribution in [0, 0.1) is 0 Å². The Morgan fingerprint density at radius 1 is 0.946 bits per heavy atom. The first kappa shape index (κ1) is 31.9. The molecule has 9 heteroatoms. The number of esters is 1. The molecule has 0 saturated carbocycles. The summed E-state index contributed by atoms with van der Waals surface area (Å²) in [6.45, 7) is 11.5. The highest BCUT2D eigenvalue weighted by Crippen LogP contribution is 2.23. The van der Waals surface area contributed by atoms with Crippen LogP contribution < -0.4 is 10.6 Å². The summed E-state index contributed by atoms with van der Waals surface area (Å²) in [6, 6.07) is 6.66. The van der Waals surface area contributed by atoms with Crippen LogP contribution in [0.3, 0.4) is 0 Å². The van der Waals surface area contributed by atoms with E-state index in [4.69, 9.17) is 9.47 Å². The zero-order chi connectivity index (χ0) is 27.8. The number of aryl methyl sites for hydroxylation is 1. The Morgan fingerprint density at radius 2 is 1.62 bits per heavy atom. The van der Waals surface area contributed by atoms with Crippen molar-refractivity contribution in [2.24, 2.45) is 0 Å². The summed E-state index contributed by atoms with van der Waals surface area (Å²) in [5, 5.41) is 5.30. The number of nitrogens with one attached hydrogen (secondary N) is 2. The highest BCUT2D eigenvalue weighted by molar-refractivity contribution is 5.90. The molecule has 0 aliphatic heterocycles. The van der Waals surface area contributed by atoms with Gasteiger partial charge in [-0.3, -0.25) is 14.4 Å². The Morgan fingerprint density at radius 3 is 2.19 bits per heavy atom. The number of carbonyl (C=O) groups excluding carboxylic acids is 4. The van der Waals surface area contributed by atoms with Gasteiger partial charge in [-0.05, 0) is 51.7 Å². The lowest BCUT2D eigenvalue weighted by Gasteiger charge is -2.32. The van der Waals surface area contributed by atoms with Gasteiger partial charge in [0.05, 0.1) is 13.0 Å². The maximum absolute atomic E-state index is 13.4. The lowest BCUT2D eigenvalue weighted by molar-refractivity contribution is -0.143. The number of ether oxygens (including phenoxy) is 2. The third-order valence-electron chi connectivity index (χ3n) is 5.55. The second-order valence-electron chi connectivity index (χ2n) is 9.85. The van der Waals surface area contributed by atoms with Gasteiger partial charge in [0.1, 0.15) is 18.2 Å². The minimum Gasteiger partial charge on any atom is -0.466 e. The average molecular weight is 520 g/mol. The Labute approximate surface area is 221 Å². The highest BCUT2D eigenvalue weighted by Gasteiger charge is 2.31. The summed E-state index contributed by atoms with van der Waals surface area (Å²) in [7, 11) is 0. The number of hydrogen-bond donors (Lipinski definition) is 2. The molecule has 0 saturated heterocycles. The molecule has 0 radical (unpaired) electrons. The Kier molecular flexibility index (Phi) is 14.3. The van der Waals surface area contributed by atoms with E-state index in [0.29, 0.717) is 18.5 Å². The number of alkyl carbamates (subject to hydrolysis) is 1. The second-order valence-corrected chi connectivity index (χ2v) is 9.85. The molecular formula is C28H45N3O6. The summed E-state index contributed by atoms with van der Waals surface area (Å²) in [4.78, 5) is 52.2. The van der Waals surface area contributed by atoms with Crippen molar-refractivity contribution in [3.05, 3.63) is 35.4 Å². The van der Waals surface area contributed by atoms with Crippen LogP contribution in [0.4, 0.5) is 4.79 Å². The molecule has 1 rings (SSSR count). The molecule has 0 heterocycles. The predicted octanol–water partition coefficient (Wildman–Crippen LogP) is 4.29. The van der Waals surface area contributed by atoms with Crippen molar-refractivity contribution in [3.63, 3.8) is 0 Å². The topological polar surface area (TPSA) is 114 Å². The van der Waals surface area contributed by atoms with Crippen molar-refractivity contribution in [2.45, 2.75) is 91.7 Å². The molecule has 0 bridgehead atoms. The van der Waals surface area contributed by atoms with Crippen molar-refractivity contribution in [1.29, 1.82) is 0 Å². The third-order valence-corrected chi connectivity index (χ3v) is 5.55. The van der Waals surface area contributed by atoms with E-state index in [1.807, 2.05) is 31.2 Å². The van der Waals surface area contributed by atoms with Crippen molar-refractivity contribution >= 4 is 23.9 Å². The number of hydrogen-bond acceptors (Lipinski definition) is 6. The predicted molar refractivity (Wildman–Crippen MR) is 143 cm³/mol. The molecule has 0 aromatic heterocycles. The second kappa shape index (κ2) is 16.6. The highest BCUT2D eigenvalue weighted by atomic mass is 16.6. The molecule has 3 amide bonds. The van der Waals surface area contributed by atoms with E-state index >= 15 is 0 Å². The van der Waals surface area contributed by atoms with Gasteiger partial charge < -0.3 is 25.0 Å². The van der Waals surface area contributed by atoms with E-state index in [1.165, 1.54) is 4.90 Å². The van der Waals surface area contributed by atoms with Gasteiger partial charge in [-0.2, -0.15) is 0 Å². The molecular weight excluding hydrogens is 474 g/mol. The van der Waals surface area contributed by atoms with E-state index < -0.39 is 35.5 Å². The molecule has 2 N–H and O–H groups in total. The van der Waals surface area contributed by atoms with Crippen LogP contribution >= 0.6 is 0 Å². The van der Waals surface area contributed by atoms with E-state index in [0.717, 1.165) is 31.2 Å². The zero-order valence-electron chi connectivity index (χ0n) is 23.4. The maximum atomic E-state index is 13.4. The molecule has 37 heavy (non-hydrogen) atoms. The smallest absolute Gasteiger partial charge is 0.408 e. The maximum Gasteiger partial charge on any atom is 0.408 e. The quantitative estimate of drug-likeness (QED) is 0.264. The molecule has 0 fully saturated rings. The SMILES string of the molecule is CCCCCCN(C(=O)CNC(=O)OC(C)(C)C)C(C(=O)NCCC(=O)OCC)c1ccc(CC)cc1. The van der Waals surface area contributed by atoms with Crippen LogP contribution in [-0.4, -0.2) is 60.6 Å². The zero-order valence-corrected chi connectivity index (χ0v) is 23.4. The molecule has 1 atom stereocenters. The van der Waals surface area contributed by atoms with Gasteiger partial charge in [-0.15, -0.1) is 0 Å². The van der Waals surface area contributed by atoms with Crippen LogP contribution in [0.25, 0.3) is 0 Å². The number of nitrogens with zero attached hydrogens (tertiary/aromatic N) is 1. The van der Waals surface area contributed by atoms with E-state index in [2.05, 4.69) is 17.6 Å². The fourth-order valence-electron chi connectivity index (χ4n) is 3.70. The summed E-state index contributed by atoms with van der Waals surface area (Å²) in [6.07, 6.45) is 3.85. The fraction of sp³-hybridized carbons (Fsp3) is 0.643. The number of benzene rings is 1. The van der Waals surface area contributed by atoms with E-state index in [-0.39, 0.29) is 26.1 Å². The van der Waals surface area contributed by atoms with Crippen LogP contribution in [0.2, 0.25) is 0 Å². The molecule has 9 nitrogen and oxygen atoms in total. The molecule has 1 aromatic carbocycles. The minimum atomic E-state index is -0.914. The molecule has 0 aliphatic rings. The van der Waals surface area contributed by atoms with Gasteiger partial charge in [0.15, 0.2) is 0 Å². The van der Waals surface area contributed by atoms with Crippen LogP contribution in [0.15, 0.2) is 24.3 Å². The first-order chi connectivity index (χ1) is 17.5. The summed E-state index contributed by atoms with van der Waals surface area (Å²) >= 11 is 0. The van der Waals surface area contributed by atoms with Crippen molar-refractivity contribution in [1.82, 2.24) is 15.5 Å². The number of unbranched alkanes of at least 4 members (excludes halogenated alkanes) is 3. The van der Waals surface area contributed by atoms with Gasteiger partial charge in [0, 0.05) is 13.1 Å². The number of carbonyl (C=O) groups is 4. The van der Waals surface area contributed by atoms with Gasteiger partial charge in [-0.25, -0.2) is 4.79 Å². The lowest BCUT2D eigenvalue weighted by Crippen LogP contribution is -2.48. The fourth-order valence-corrected chi connectivity index (χ4v) is 3.70. The number of amides is 3. The first-order valence-electron chi connectivity index (χ1n) is 13.3. The van der Waals surface area contributed by atoms with Gasteiger partial charge in [-0.1, -0.05) is 57.4 Å². The average Bonchev–Trinajstić information content (AvgIpc) is 2.83. The minimum absolute atomic E-state index is 0.0335.